The fourth-order valence-corrected chi connectivity index (χ4v) is 2.43. The normalized spacial score (nSPS) is 11.5. The minimum Gasteiger partial charge on any atom is -0.355 e. The number of rotatable bonds is 8. The second kappa shape index (κ2) is 9.93. The minimum absolute atomic E-state index is 0.0105. The summed E-state index contributed by atoms with van der Waals surface area (Å²) in [6.45, 7) is 5.99. The molecule has 0 bridgehead atoms. The third-order valence-corrected chi connectivity index (χ3v) is 3.72. The number of carbonyl (C=O) groups excluding carboxylic acids is 3. The van der Waals surface area contributed by atoms with Crippen LogP contribution in [0.15, 0.2) is 24.3 Å². The van der Waals surface area contributed by atoms with Crippen molar-refractivity contribution in [2.75, 3.05) is 19.6 Å². The van der Waals surface area contributed by atoms with Crippen LogP contribution in [0.2, 0.25) is 5.02 Å². The van der Waals surface area contributed by atoms with E-state index in [1.54, 1.807) is 24.3 Å². The van der Waals surface area contributed by atoms with E-state index < -0.39 is 6.04 Å². The highest BCUT2D eigenvalue weighted by atomic mass is 35.5. The molecule has 0 spiro atoms. The quantitative estimate of drug-likeness (QED) is 0.749. The number of nitrogens with zero attached hydrogens (tertiary/aromatic N) is 1. The fraction of sp³-hybridized carbons (Fsp3) is 0.471. The van der Waals surface area contributed by atoms with Crippen molar-refractivity contribution in [3.63, 3.8) is 0 Å². The van der Waals surface area contributed by atoms with E-state index in [4.69, 9.17) is 11.6 Å². The molecule has 0 aliphatic heterocycles. The molecule has 0 aliphatic rings. The average Bonchev–Trinajstić information content (AvgIpc) is 2.52. The van der Waals surface area contributed by atoms with Crippen LogP contribution in [0.1, 0.15) is 38.8 Å². The molecule has 132 valence electrons. The highest BCUT2D eigenvalue weighted by Gasteiger charge is 2.22. The predicted octanol–water partition coefficient (Wildman–Crippen LogP) is 1.89. The van der Waals surface area contributed by atoms with Crippen LogP contribution in [-0.4, -0.2) is 42.3 Å². The van der Waals surface area contributed by atoms with Gasteiger partial charge in [0.2, 0.25) is 17.7 Å². The molecule has 1 atom stereocenters. The molecule has 1 aromatic carbocycles. The van der Waals surface area contributed by atoms with E-state index >= 15 is 0 Å². The standard InChI is InChI=1S/C17H24ClN3O3/c1-4-19-16(23)11-21(5-2)17(24)10-15(20-12(3)22)13-6-8-14(18)9-7-13/h6-9,15H,4-5,10-11H2,1-3H3,(H,19,23)(H,20,22). The van der Waals surface area contributed by atoms with Crippen LogP contribution in [0.25, 0.3) is 0 Å². The average molecular weight is 354 g/mol. The molecule has 2 N–H and O–H groups in total. The lowest BCUT2D eigenvalue weighted by Gasteiger charge is -2.24. The molecule has 1 unspecified atom stereocenters. The van der Waals surface area contributed by atoms with Gasteiger partial charge in [-0.3, -0.25) is 14.4 Å². The molecule has 0 saturated carbocycles. The first kappa shape index (κ1) is 20.0. The topological polar surface area (TPSA) is 78.5 Å². The number of likely N-dealkylation sites (N-methyl/N-ethyl adjacent to an activating group) is 2. The Morgan fingerprint density at radius 2 is 1.79 bits per heavy atom. The number of benzene rings is 1. The van der Waals surface area contributed by atoms with Gasteiger partial charge in [0.15, 0.2) is 0 Å². The molecule has 0 saturated heterocycles. The lowest BCUT2D eigenvalue weighted by molar-refractivity contribution is -0.136. The molecule has 24 heavy (non-hydrogen) atoms. The minimum atomic E-state index is -0.462. The van der Waals surface area contributed by atoms with E-state index in [1.165, 1.54) is 11.8 Å². The summed E-state index contributed by atoms with van der Waals surface area (Å²) in [5.74, 6) is -0.623. The van der Waals surface area contributed by atoms with Gasteiger partial charge in [-0.15, -0.1) is 0 Å². The Balaban J connectivity index is 2.83. The van der Waals surface area contributed by atoms with E-state index in [0.29, 0.717) is 18.1 Å². The Labute approximate surface area is 147 Å². The molecule has 1 aromatic rings. The monoisotopic (exact) mass is 353 g/mol. The van der Waals surface area contributed by atoms with Crippen molar-refractivity contribution in [2.45, 2.75) is 33.2 Å². The second-order valence-electron chi connectivity index (χ2n) is 5.37. The van der Waals surface area contributed by atoms with Crippen molar-refractivity contribution in [1.29, 1.82) is 0 Å². The zero-order valence-corrected chi connectivity index (χ0v) is 15.0. The summed E-state index contributed by atoms with van der Waals surface area (Å²) < 4.78 is 0. The molecule has 7 heteroatoms. The maximum Gasteiger partial charge on any atom is 0.239 e. The van der Waals surface area contributed by atoms with E-state index in [1.807, 2.05) is 13.8 Å². The van der Waals surface area contributed by atoms with Gasteiger partial charge in [-0.05, 0) is 31.5 Å². The molecule has 6 nitrogen and oxygen atoms in total. The largest absolute Gasteiger partial charge is 0.355 e. The highest BCUT2D eigenvalue weighted by molar-refractivity contribution is 6.30. The summed E-state index contributed by atoms with van der Waals surface area (Å²) in [5.41, 5.74) is 0.789. The van der Waals surface area contributed by atoms with Crippen molar-refractivity contribution in [2.24, 2.45) is 0 Å². The summed E-state index contributed by atoms with van der Waals surface area (Å²) in [6, 6.07) is 6.51. The Morgan fingerprint density at radius 3 is 2.29 bits per heavy atom. The van der Waals surface area contributed by atoms with Gasteiger partial charge in [0.05, 0.1) is 19.0 Å². The van der Waals surface area contributed by atoms with Gasteiger partial charge >= 0.3 is 0 Å². The van der Waals surface area contributed by atoms with E-state index in [2.05, 4.69) is 10.6 Å². The van der Waals surface area contributed by atoms with Gasteiger partial charge in [-0.1, -0.05) is 23.7 Å². The van der Waals surface area contributed by atoms with Crippen LogP contribution in [0.3, 0.4) is 0 Å². The van der Waals surface area contributed by atoms with Crippen molar-refractivity contribution < 1.29 is 14.4 Å². The molecule has 0 aromatic heterocycles. The van der Waals surface area contributed by atoms with Crippen LogP contribution in [-0.2, 0) is 14.4 Å². The first-order valence-electron chi connectivity index (χ1n) is 7.94. The number of hydrogen-bond acceptors (Lipinski definition) is 3. The molecule has 0 fully saturated rings. The molecular weight excluding hydrogens is 330 g/mol. The van der Waals surface area contributed by atoms with Gasteiger partial charge in [0.1, 0.15) is 0 Å². The number of amides is 3. The maximum absolute atomic E-state index is 12.5. The molecule has 0 aliphatic carbocycles. The van der Waals surface area contributed by atoms with Gasteiger partial charge in [-0.2, -0.15) is 0 Å². The van der Waals surface area contributed by atoms with Crippen molar-refractivity contribution >= 4 is 29.3 Å². The zero-order chi connectivity index (χ0) is 18.1. The van der Waals surface area contributed by atoms with E-state index in [9.17, 15) is 14.4 Å². The van der Waals surface area contributed by atoms with Crippen LogP contribution >= 0.6 is 11.6 Å². The molecular formula is C17H24ClN3O3. The third-order valence-electron chi connectivity index (χ3n) is 3.47. The number of halogens is 1. The molecule has 0 heterocycles. The molecule has 1 rings (SSSR count). The van der Waals surface area contributed by atoms with Crippen LogP contribution in [0.4, 0.5) is 0 Å². The summed E-state index contributed by atoms with van der Waals surface area (Å²) in [4.78, 5) is 37.1. The SMILES string of the molecule is CCNC(=O)CN(CC)C(=O)CC(NC(C)=O)c1ccc(Cl)cc1. The summed E-state index contributed by atoms with van der Waals surface area (Å²) >= 11 is 5.88. The molecule has 3 amide bonds. The van der Waals surface area contributed by atoms with Crippen LogP contribution < -0.4 is 10.6 Å². The smallest absolute Gasteiger partial charge is 0.239 e. The van der Waals surface area contributed by atoms with E-state index in [0.717, 1.165) is 5.56 Å². The number of hydrogen-bond donors (Lipinski definition) is 2. The van der Waals surface area contributed by atoms with Gasteiger partial charge in [0.25, 0.3) is 0 Å². The second-order valence-corrected chi connectivity index (χ2v) is 5.81. The first-order valence-corrected chi connectivity index (χ1v) is 8.32. The highest BCUT2D eigenvalue weighted by Crippen LogP contribution is 2.20. The Bertz CT molecular complexity index is 575. The van der Waals surface area contributed by atoms with Gasteiger partial charge < -0.3 is 15.5 Å². The first-order chi connectivity index (χ1) is 11.4. The lowest BCUT2D eigenvalue weighted by atomic mass is 10.0. The number of carbonyl (C=O) groups is 3. The summed E-state index contributed by atoms with van der Waals surface area (Å²) in [7, 11) is 0. The fourth-order valence-electron chi connectivity index (χ4n) is 2.30. The third kappa shape index (κ3) is 6.58. The maximum atomic E-state index is 12.5. The summed E-state index contributed by atoms with van der Waals surface area (Å²) in [5, 5.41) is 6.03. The van der Waals surface area contributed by atoms with Crippen molar-refractivity contribution in [3.05, 3.63) is 34.9 Å². The van der Waals surface area contributed by atoms with E-state index in [-0.39, 0.29) is 30.7 Å². The van der Waals surface area contributed by atoms with Crippen molar-refractivity contribution in [3.8, 4) is 0 Å². The van der Waals surface area contributed by atoms with Gasteiger partial charge in [-0.25, -0.2) is 0 Å². The number of nitrogens with one attached hydrogen (secondary N) is 2. The summed E-state index contributed by atoms with van der Waals surface area (Å²) in [6.07, 6.45) is 0.0778. The Hall–Kier alpha value is -2.08. The van der Waals surface area contributed by atoms with Gasteiger partial charge in [0, 0.05) is 25.0 Å². The van der Waals surface area contributed by atoms with Crippen molar-refractivity contribution in [1.82, 2.24) is 15.5 Å². The zero-order valence-electron chi connectivity index (χ0n) is 14.3. The lowest BCUT2D eigenvalue weighted by Crippen LogP contribution is -2.42. The Kier molecular flexibility index (Phi) is 8.26. The van der Waals surface area contributed by atoms with Crippen LogP contribution in [0.5, 0.6) is 0 Å². The van der Waals surface area contributed by atoms with Crippen LogP contribution in [0, 0.1) is 0 Å². The Morgan fingerprint density at radius 1 is 1.17 bits per heavy atom. The molecule has 0 radical (unpaired) electrons. The predicted molar refractivity (Wildman–Crippen MR) is 93.6 cm³/mol.